The van der Waals surface area contributed by atoms with Gasteiger partial charge in [-0.25, -0.2) is 9.97 Å². The minimum atomic E-state index is -0.307. The number of aromatic nitrogens is 2. The summed E-state index contributed by atoms with van der Waals surface area (Å²) in [5, 5.41) is 12.5. The first-order valence-electron chi connectivity index (χ1n) is 11.0. The number of carbonyl (C=O) groups is 2. The molecule has 1 saturated heterocycles. The van der Waals surface area contributed by atoms with Gasteiger partial charge >= 0.3 is 0 Å². The lowest BCUT2D eigenvalue weighted by molar-refractivity contribution is 0.0793. The van der Waals surface area contributed by atoms with Crippen LogP contribution < -0.4 is 5.32 Å². The number of rotatable bonds is 5. The third kappa shape index (κ3) is 5.07. The van der Waals surface area contributed by atoms with Crippen molar-refractivity contribution < 1.29 is 9.59 Å². The predicted octanol–water partition coefficient (Wildman–Crippen LogP) is 3.80. The highest BCUT2D eigenvalue weighted by atomic mass is 16.2. The highest BCUT2D eigenvalue weighted by Crippen LogP contribution is 2.28. The zero-order valence-corrected chi connectivity index (χ0v) is 18.8. The molecule has 0 bridgehead atoms. The molecule has 2 heterocycles. The van der Waals surface area contributed by atoms with Crippen molar-refractivity contribution in [3.8, 4) is 17.2 Å². The fourth-order valence-corrected chi connectivity index (χ4v) is 3.94. The van der Waals surface area contributed by atoms with Gasteiger partial charge in [-0.3, -0.25) is 9.59 Å². The van der Waals surface area contributed by atoms with E-state index >= 15 is 0 Å². The first-order valence-corrected chi connectivity index (χ1v) is 11.0. The molecule has 1 aliphatic rings. The molecule has 0 saturated carbocycles. The Bertz CT molecular complexity index is 1240. The highest BCUT2D eigenvalue weighted by molar-refractivity contribution is 6.01. The molecular weight excluding hydrogens is 414 g/mol. The summed E-state index contributed by atoms with van der Waals surface area (Å²) in [4.78, 5) is 36.3. The number of hydrogen-bond donors (Lipinski definition) is 1. The topological polar surface area (TPSA) is 99.0 Å². The number of benzene rings is 2. The standard InChI is InChI=1S/C26H25N5O2/c1-17-5-6-24(23(9-17)13-27)20-10-21(12-22(11-20)26(33)31-7-3-4-8-31)25(32)30-16-19-14-28-18(2)29-15-19/h5-6,9-12,14-15H,3-4,7-8,16H2,1-2H3,(H,30,32). The van der Waals surface area contributed by atoms with E-state index in [0.29, 0.717) is 46.7 Å². The first-order chi connectivity index (χ1) is 15.9. The van der Waals surface area contributed by atoms with Crippen LogP contribution in [-0.4, -0.2) is 39.8 Å². The van der Waals surface area contributed by atoms with E-state index < -0.39 is 0 Å². The van der Waals surface area contributed by atoms with Crippen LogP contribution in [0.3, 0.4) is 0 Å². The Morgan fingerprint density at radius 2 is 1.73 bits per heavy atom. The molecule has 2 aromatic carbocycles. The number of nitrogens with zero attached hydrogens (tertiary/aromatic N) is 4. The molecule has 1 aliphatic heterocycles. The van der Waals surface area contributed by atoms with Gasteiger partial charge in [-0.2, -0.15) is 5.26 Å². The van der Waals surface area contributed by atoms with E-state index in [0.717, 1.165) is 24.0 Å². The van der Waals surface area contributed by atoms with Crippen LogP contribution in [0.5, 0.6) is 0 Å². The Balaban J connectivity index is 1.69. The summed E-state index contributed by atoms with van der Waals surface area (Å²) >= 11 is 0. The average Bonchev–Trinajstić information content (AvgIpc) is 3.37. The van der Waals surface area contributed by atoms with Crippen molar-refractivity contribution >= 4 is 11.8 Å². The zero-order valence-electron chi connectivity index (χ0n) is 18.8. The van der Waals surface area contributed by atoms with E-state index in [1.807, 2.05) is 24.0 Å². The van der Waals surface area contributed by atoms with Gasteiger partial charge in [-0.1, -0.05) is 12.1 Å². The van der Waals surface area contributed by atoms with E-state index in [2.05, 4.69) is 21.4 Å². The smallest absolute Gasteiger partial charge is 0.253 e. The maximum Gasteiger partial charge on any atom is 0.253 e. The van der Waals surface area contributed by atoms with E-state index in [1.54, 1.807) is 43.6 Å². The predicted molar refractivity (Wildman–Crippen MR) is 124 cm³/mol. The van der Waals surface area contributed by atoms with Gasteiger partial charge in [0.1, 0.15) is 5.82 Å². The molecule has 0 aliphatic carbocycles. The molecule has 166 valence electrons. The summed E-state index contributed by atoms with van der Waals surface area (Å²) in [6.07, 6.45) is 5.31. The highest BCUT2D eigenvalue weighted by Gasteiger charge is 2.22. The molecule has 3 aromatic rings. The number of nitrogens with one attached hydrogen (secondary N) is 1. The third-order valence-corrected chi connectivity index (χ3v) is 5.73. The minimum absolute atomic E-state index is 0.0963. The molecule has 1 N–H and O–H groups in total. The van der Waals surface area contributed by atoms with Crippen molar-refractivity contribution in [3.63, 3.8) is 0 Å². The maximum atomic E-state index is 13.1. The Morgan fingerprint density at radius 3 is 2.42 bits per heavy atom. The van der Waals surface area contributed by atoms with Crippen LogP contribution in [0.25, 0.3) is 11.1 Å². The number of likely N-dealkylation sites (tertiary alicyclic amines) is 1. The van der Waals surface area contributed by atoms with Gasteiger partial charge in [0.05, 0.1) is 11.6 Å². The number of carbonyl (C=O) groups excluding carboxylic acids is 2. The van der Waals surface area contributed by atoms with Crippen LogP contribution in [0.4, 0.5) is 0 Å². The number of nitriles is 1. The van der Waals surface area contributed by atoms with Crippen LogP contribution in [0, 0.1) is 25.2 Å². The fraction of sp³-hybridized carbons (Fsp3) is 0.269. The number of amides is 2. The first kappa shape index (κ1) is 22.2. The molecule has 0 unspecified atom stereocenters. The molecule has 0 spiro atoms. The van der Waals surface area contributed by atoms with E-state index in [4.69, 9.17) is 0 Å². The normalized spacial score (nSPS) is 12.9. The third-order valence-electron chi connectivity index (χ3n) is 5.73. The Labute approximate surface area is 193 Å². The Hall–Kier alpha value is -4.05. The van der Waals surface area contributed by atoms with Crippen molar-refractivity contribution in [2.75, 3.05) is 13.1 Å². The maximum absolute atomic E-state index is 13.1. The average molecular weight is 440 g/mol. The molecule has 7 heteroatoms. The Morgan fingerprint density at radius 1 is 1.03 bits per heavy atom. The number of hydrogen-bond acceptors (Lipinski definition) is 5. The van der Waals surface area contributed by atoms with Gasteiger partial charge in [0.15, 0.2) is 0 Å². The molecule has 4 rings (SSSR count). The second-order valence-electron chi connectivity index (χ2n) is 8.28. The molecule has 7 nitrogen and oxygen atoms in total. The van der Waals surface area contributed by atoms with E-state index in [1.165, 1.54) is 0 Å². The van der Waals surface area contributed by atoms with Gasteiger partial charge in [0, 0.05) is 48.7 Å². The van der Waals surface area contributed by atoms with Gasteiger partial charge in [-0.15, -0.1) is 0 Å². The summed E-state index contributed by atoms with van der Waals surface area (Å²) in [5.41, 5.74) is 4.43. The van der Waals surface area contributed by atoms with Crippen LogP contribution in [-0.2, 0) is 6.54 Å². The summed E-state index contributed by atoms with van der Waals surface area (Å²) < 4.78 is 0. The van der Waals surface area contributed by atoms with Crippen LogP contribution in [0.15, 0.2) is 48.8 Å². The lowest BCUT2D eigenvalue weighted by Gasteiger charge is -2.17. The molecule has 33 heavy (non-hydrogen) atoms. The molecule has 0 radical (unpaired) electrons. The number of aryl methyl sites for hydroxylation is 2. The molecule has 1 fully saturated rings. The minimum Gasteiger partial charge on any atom is -0.348 e. The molecule has 2 amide bonds. The zero-order chi connectivity index (χ0) is 23.4. The van der Waals surface area contributed by atoms with Crippen LogP contribution in [0.2, 0.25) is 0 Å². The summed E-state index contributed by atoms with van der Waals surface area (Å²) in [6, 6.07) is 12.9. The molecule has 1 aromatic heterocycles. The van der Waals surface area contributed by atoms with Gasteiger partial charge in [0.25, 0.3) is 11.8 Å². The van der Waals surface area contributed by atoms with Crippen LogP contribution in [0.1, 0.15) is 56.1 Å². The Kier molecular flexibility index (Phi) is 6.45. The van der Waals surface area contributed by atoms with Crippen molar-refractivity contribution in [1.82, 2.24) is 20.2 Å². The monoisotopic (exact) mass is 439 g/mol. The van der Waals surface area contributed by atoms with Crippen LogP contribution >= 0.6 is 0 Å². The SMILES string of the molecule is Cc1ccc(-c2cc(C(=O)NCc3cnc(C)nc3)cc(C(=O)N3CCCC3)c2)c(C#N)c1. The molecular formula is C26H25N5O2. The van der Waals surface area contributed by atoms with Gasteiger partial charge < -0.3 is 10.2 Å². The summed E-state index contributed by atoms with van der Waals surface area (Å²) in [7, 11) is 0. The van der Waals surface area contributed by atoms with E-state index in [9.17, 15) is 14.9 Å². The summed E-state index contributed by atoms with van der Waals surface area (Å²) in [6.45, 7) is 5.42. The summed E-state index contributed by atoms with van der Waals surface area (Å²) in [5.74, 6) is 0.258. The van der Waals surface area contributed by atoms with Gasteiger partial charge in [0.2, 0.25) is 0 Å². The van der Waals surface area contributed by atoms with Crippen molar-refractivity contribution in [3.05, 3.63) is 82.4 Å². The second-order valence-corrected chi connectivity index (χ2v) is 8.28. The quantitative estimate of drug-likeness (QED) is 0.652. The molecule has 0 atom stereocenters. The fourth-order valence-electron chi connectivity index (χ4n) is 3.94. The largest absolute Gasteiger partial charge is 0.348 e. The lowest BCUT2D eigenvalue weighted by atomic mass is 9.94. The van der Waals surface area contributed by atoms with Gasteiger partial charge in [-0.05, 0) is 67.6 Å². The van der Waals surface area contributed by atoms with Crippen molar-refractivity contribution in [2.45, 2.75) is 33.2 Å². The lowest BCUT2D eigenvalue weighted by Crippen LogP contribution is -2.28. The van der Waals surface area contributed by atoms with Crippen molar-refractivity contribution in [2.24, 2.45) is 0 Å². The van der Waals surface area contributed by atoms with Crippen molar-refractivity contribution in [1.29, 1.82) is 5.26 Å². The second kappa shape index (κ2) is 9.61. The van der Waals surface area contributed by atoms with E-state index in [-0.39, 0.29) is 18.4 Å².